The van der Waals surface area contributed by atoms with E-state index in [1.807, 2.05) is 18.4 Å². The summed E-state index contributed by atoms with van der Waals surface area (Å²) in [6.07, 6.45) is 4.72. The number of aromatic nitrogens is 5. The van der Waals surface area contributed by atoms with Gasteiger partial charge in [-0.05, 0) is 18.4 Å². The number of fused-ring (bicyclic) bond motifs is 1. The quantitative estimate of drug-likeness (QED) is 0.713. The molecule has 3 heterocycles. The molecule has 92 valence electrons. The minimum Gasteiger partial charge on any atom is -0.294 e. The Morgan fingerprint density at radius 2 is 2.33 bits per heavy atom. The van der Waals surface area contributed by atoms with Crippen molar-refractivity contribution in [2.45, 2.75) is 19.5 Å². The first-order chi connectivity index (χ1) is 8.75. The van der Waals surface area contributed by atoms with Gasteiger partial charge in [0.25, 0.3) is 5.56 Å². The minimum absolute atomic E-state index is 0.00568. The van der Waals surface area contributed by atoms with Gasteiger partial charge < -0.3 is 0 Å². The largest absolute Gasteiger partial charge is 0.294 e. The summed E-state index contributed by atoms with van der Waals surface area (Å²) in [4.78, 5) is 21.2. The van der Waals surface area contributed by atoms with Crippen molar-refractivity contribution in [3.8, 4) is 0 Å². The minimum atomic E-state index is -0.0176. The highest BCUT2D eigenvalue weighted by Gasteiger charge is 2.11. The SMILES string of the molecule is C[C@@H](Cn1cncn1)n1cnc2sccc2c1=O. The molecule has 3 aromatic rings. The Balaban J connectivity index is 1.98. The van der Waals surface area contributed by atoms with Crippen LogP contribution in [0.3, 0.4) is 0 Å². The van der Waals surface area contributed by atoms with Gasteiger partial charge in [-0.1, -0.05) is 0 Å². The summed E-state index contributed by atoms with van der Waals surface area (Å²) in [6, 6.07) is 1.80. The molecule has 18 heavy (non-hydrogen) atoms. The van der Waals surface area contributed by atoms with Gasteiger partial charge in [0.2, 0.25) is 0 Å². The summed E-state index contributed by atoms with van der Waals surface area (Å²) in [6.45, 7) is 2.56. The van der Waals surface area contributed by atoms with Gasteiger partial charge in [0.05, 0.1) is 24.3 Å². The van der Waals surface area contributed by atoms with Gasteiger partial charge in [-0.3, -0.25) is 14.0 Å². The molecule has 0 aliphatic carbocycles. The fourth-order valence-corrected chi connectivity index (χ4v) is 2.59. The van der Waals surface area contributed by atoms with Gasteiger partial charge in [0, 0.05) is 0 Å². The molecule has 0 saturated carbocycles. The normalized spacial score (nSPS) is 12.9. The highest BCUT2D eigenvalue weighted by Crippen LogP contribution is 2.15. The Bertz CT molecular complexity index is 714. The molecule has 0 amide bonds. The maximum absolute atomic E-state index is 12.2. The molecule has 0 fully saturated rings. The second-order valence-electron chi connectivity index (χ2n) is 4.06. The zero-order valence-corrected chi connectivity index (χ0v) is 10.5. The van der Waals surface area contributed by atoms with Crippen LogP contribution >= 0.6 is 11.3 Å². The Hall–Kier alpha value is -2.02. The third-order valence-electron chi connectivity index (χ3n) is 2.80. The van der Waals surface area contributed by atoms with Crippen LogP contribution in [0.5, 0.6) is 0 Å². The van der Waals surface area contributed by atoms with E-state index in [2.05, 4.69) is 15.1 Å². The first kappa shape index (κ1) is 11.1. The predicted molar refractivity (Wildman–Crippen MR) is 68.6 cm³/mol. The monoisotopic (exact) mass is 261 g/mol. The van der Waals surface area contributed by atoms with Gasteiger partial charge in [-0.15, -0.1) is 11.3 Å². The van der Waals surface area contributed by atoms with Crippen LogP contribution in [0.2, 0.25) is 0 Å². The molecule has 3 rings (SSSR count). The van der Waals surface area contributed by atoms with Gasteiger partial charge in [-0.25, -0.2) is 9.97 Å². The van der Waals surface area contributed by atoms with Crippen molar-refractivity contribution in [2.75, 3.05) is 0 Å². The molecular formula is C11H11N5OS. The molecule has 0 aromatic carbocycles. The summed E-state index contributed by atoms with van der Waals surface area (Å²) in [5.41, 5.74) is -0.00568. The van der Waals surface area contributed by atoms with Crippen molar-refractivity contribution in [3.63, 3.8) is 0 Å². The van der Waals surface area contributed by atoms with E-state index in [0.717, 1.165) is 4.83 Å². The zero-order chi connectivity index (χ0) is 12.5. The van der Waals surface area contributed by atoms with Crippen LogP contribution in [0, 0.1) is 0 Å². The average Bonchev–Trinajstić information content (AvgIpc) is 2.99. The van der Waals surface area contributed by atoms with E-state index in [4.69, 9.17) is 0 Å². The molecule has 7 heteroatoms. The van der Waals surface area contributed by atoms with Gasteiger partial charge >= 0.3 is 0 Å². The molecule has 0 saturated heterocycles. The smallest absolute Gasteiger partial charge is 0.262 e. The third-order valence-corrected chi connectivity index (χ3v) is 3.62. The fourth-order valence-electron chi connectivity index (χ4n) is 1.87. The van der Waals surface area contributed by atoms with Crippen molar-refractivity contribution >= 4 is 21.6 Å². The molecule has 0 bridgehead atoms. The Morgan fingerprint density at radius 1 is 1.44 bits per heavy atom. The number of thiophene rings is 1. The lowest BCUT2D eigenvalue weighted by Crippen LogP contribution is -2.26. The van der Waals surface area contributed by atoms with Crippen LogP contribution in [0.15, 0.2) is 35.2 Å². The predicted octanol–water partition coefficient (Wildman–Crippen LogP) is 1.31. The second kappa shape index (κ2) is 4.34. The van der Waals surface area contributed by atoms with Crippen molar-refractivity contribution in [3.05, 3.63) is 40.8 Å². The van der Waals surface area contributed by atoms with E-state index < -0.39 is 0 Å². The Labute approximate surface area is 107 Å². The summed E-state index contributed by atoms with van der Waals surface area (Å²) in [5, 5.41) is 6.59. The van der Waals surface area contributed by atoms with Gasteiger partial charge in [0.15, 0.2) is 0 Å². The topological polar surface area (TPSA) is 65.6 Å². The number of rotatable bonds is 3. The van der Waals surface area contributed by atoms with E-state index in [1.54, 1.807) is 21.9 Å². The van der Waals surface area contributed by atoms with Crippen molar-refractivity contribution < 1.29 is 0 Å². The summed E-state index contributed by atoms with van der Waals surface area (Å²) < 4.78 is 3.34. The number of hydrogen-bond donors (Lipinski definition) is 0. The molecule has 3 aromatic heterocycles. The second-order valence-corrected chi connectivity index (χ2v) is 4.96. The molecule has 0 spiro atoms. The zero-order valence-electron chi connectivity index (χ0n) is 9.72. The molecule has 1 atom stereocenters. The standard InChI is InChI=1S/C11H11N5OS/c1-8(4-15-6-12-5-14-15)16-7-13-10-9(11(16)17)2-3-18-10/h2-3,5-8H,4H2,1H3/t8-/m0/s1. The lowest BCUT2D eigenvalue weighted by Gasteiger charge is -2.14. The highest BCUT2D eigenvalue weighted by atomic mass is 32.1. The van der Waals surface area contributed by atoms with Crippen LogP contribution in [-0.4, -0.2) is 24.3 Å². The summed E-state index contributed by atoms with van der Waals surface area (Å²) in [7, 11) is 0. The van der Waals surface area contributed by atoms with Crippen molar-refractivity contribution in [1.82, 2.24) is 24.3 Å². The molecule has 0 aliphatic heterocycles. The molecular weight excluding hydrogens is 250 g/mol. The summed E-state index contributed by atoms with van der Waals surface area (Å²) >= 11 is 1.48. The van der Waals surface area contributed by atoms with E-state index in [9.17, 15) is 4.79 Å². The van der Waals surface area contributed by atoms with Crippen LogP contribution in [0.25, 0.3) is 10.2 Å². The lowest BCUT2D eigenvalue weighted by atomic mass is 10.3. The first-order valence-corrected chi connectivity index (χ1v) is 6.40. The molecule has 0 radical (unpaired) electrons. The Kier molecular flexibility index (Phi) is 2.67. The molecule has 6 nitrogen and oxygen atoms in total. The van der Waals surface area contributed by atoms with Crippen LogP contribution < -0.4 is 5.56 Å². The van der Waals surface area contributed by atoms with Crippen LogP contribution in [0.4, 0.5) is 0 Å². The number of hydrogen-bond acceptors (Lipinski definition) is 5. The van der Waals surface area contributed by atoms with E-state index in [-0.39, 0.29) is 11.6 Å². The van der Waals surface area contributed by atoms with E-state index >= 15 is 0 Å². The summed E-state index contributed by atoms with van der Waals surface area (Å²) in [5.74, 6) is 0. The highest BCUT2D eigenvalue weighted by molar-refractivity contribution is 7.16. The van der Waals surface area contributed by atoms with Crippen LogP contribution in [-0.2, 0) is 6.54 Å². The maximum atomic E-state index is 12.2. The van der Waals surface area contributed by atoms with E-state index in [0.29, 0.717) is 11.9 Å². The lowest BCUT2D eigenvalue weighted by molar-refractivity contribution is 0.425. The van der Waals surface area contributed by atoms with Crippen LogP contribution in [0.1, 0.15) is 13.0 Å². The van der Waals surface area contributed by atoms with Crippen molar-refractivity contribution in [2.24, 2.45) is 0 Å². The van der Waals surface area contributed by atoms with Gasteiger partial charge in [-0.2, -0.15) is 5.10 Å². The maximum Gasteiger partial charge on any atom is 0.262 e. The first-order valence-electron chi connectivity index (χ1n) is 5.52. The van der Waals surface area contributed by atoms with E-state index in [1.165, 1.54) is 17.7 Å². The van der Waals surface area contributed by atoms with Gasteiger partial charge in [0.1, 0.15) is 17.5 Å². The molecule has 0 unspecified atom stereocenters. The third kappa shape index (κ3) is 1.82. The molecule has 0 aliphatic rings. The average molecular weight is 261 g/mol. The Morgan fingerprint density at radius 3 is 3.11 bits per heavy atom. The fraction of sp³-hybridized carbons (Fsp3) is 0.273. The molecule has 0 N–H and O–H groups in total. The number of nitrogens with zero attached hydrogens (tertiary/aromatic N) is 5. The van der Waals surface area contributed by atoms with Crippen molar-refractivity contribution in [1.29, 1.82) is 0 Å².